The van der Waals surface area contributed by atoms with Gasteiger partial charge in [0, 0.05) is 37.1 Å². The number of ether oxygens (including phenoxy) is 1. The zero-order valence-electron chi connectivity index (χ0n) is 25.0. The maximum atomic E-state index is 15.2. The number of carbonyl (C=O) groups excluding carboxylic acids is 1. The molecular weight excluding hydrogens is 585 g/mol. The van der Waals surface area contributed by atoms with Gasteiger partial charge in [0.05, 0.1) is 46.0 Å². The minimum atomic E-state index is -0.705. The zero-order chi connectivity index (χ0) is 31.4. The summed E-state index contributed by atoms with van der Waals surface area (Å²) in [4.78, 5) is 40.7. The third kappa shape index (κ3) is 4.68. The number of aromatic nitrogens is 3. The standard InChI is InChI=1S/C33H33ClFN5O4/c1-6-25(42)38-16-20-11-13-44-31-30(39(20)15-19(38)5)21-14-22(34)28(26-23(35)8-7-9-24(26)41)37-32(21)40(33(31)43)29-18(4)10-12-36-27(29)17(2)3/h6-10,12,14,17,19-20,41H,1,11,13,15-16H2,2-5H3. The molecule has 2 aliphatic rings. The number of carbonyl (C=O) groups is 1. The van der Waals surface area contributed by atoms with Crippen molar-refractivity contribution < 1.29 is 19.0 Å². The zero-order valence-corrected chi connectivity index (χ0v) is 25.7. The lowest BCUT2D eigenvalue weighted by molar-refractivity contribution is -0.128. The number of hydrogen-bond donors (Lipinski definition) is 1. The summed E-state index contributed by atoms with van der Waals surface area (Å²) in [6.45, 7) is 12.6. The first-order valence-corrected chi connectivity index (χ1v) is 15.0. The molecule has 1 saturated heterocycles. The molecule has 0 saturated carbocycles. The van der Waals surface area contributed by atoms with Gasteiger partial charge in [-0.05, 0) is 55.7 Å². The van der Waals surface area contributed by atoms with Crippen molar-refractivity contribution in [1.29, 1.82) is 0 Å². The largest absolute Gasteiger partial charge is 0.507 e. The number of rotatable bonds is 4. The lowest BCUT2D eigenvalue weighted by atomic mass is 10.0. The van der Waals surface area contributed by atoms with Crippen LogP contribution in [0.15, 0.2) is 54.0 Å². The van der Waals surface area contributed by atoms with Gasteiger partial charge in [-0.3, -0.25) is 19.1 Å². The molecule has 5 heterocycles. The number of halogens is 2. The van der Waals surface area contributed by atoms with Gasteiger partial charge < -0.3 is 19.6 Å². The molecule has 2 unspecified atom stereocenters. The molecule has 44 heavy (non-hydrogen) atoms. The van der Waals surface area contributed by atoms with Crippen molar-refractivity contribution in [3.63, 3.8) is 0 Å². The van der Waals surface area contributed by atoms with E-state index >= 15 is 4.39 Å². The summed E-state index contributed by atoms with van der Waals surface area (Å²) in [5.74, 6) is -1.09. The van der Waals surface area contributed by atoms with Crippen LogP contribution in [0.3, 0.4) is 0 Å². The van der Waals surface area contributed by atoms with Crippen LogP contribution in [0, 0.1) is 12.7 Å². The quantitative estimate of drug-likeness (QED) is 0.291. The molecule has 0 aliphatic carbocycles. The van der Waals surface area contributed by atoms with Gasteiger partial charge in [0.1, 0.15) is 11.6 Å². The van der Waals surface area contributed by atoms with Gasteiger partial charge in [0.15, 0.2) is 5.65 Å². The Hall–Kier alpha value is -4.44. The van der Waals surface area contributed by atoms with E-state index in [-0.39, 0.29) is 63.9 Å². The summed E-state index contributed by atoms with van der Waals surface area (Å²) in [7, 11) is 0. The predicted molar refractivity (Wildman–Crippen MR) is 169 cm³/mol. The average molecular weight is 618 g/mol. The monoisotopic (exact) mass is 617 g/mol. The summed E-state index contributed by atoms with van der Waals surface area (Å²) in [6.07, 6.45) is 3.58. The molecule has 1 fully saturated rings. The lowest BCUT2D eigenvalue weighted by Gasteiger charge is -2.45. The molecule has 0 radical (unpaired) electrons. The van der Waals surface area contributed by atoms with Crippen LogP contribution in [0.2, 0.25) is 5.02 Å². The second-order valence-electron chi connectivity index (χ2n) is 11.6. The average Bonchev–Trinajstić information content (AvgIpc) is 3.17. The number of anilines is 1. The first-order valence-electron chi connectivity index (χ1n) is 14.6. The van der Waals surface area contributed by atoms with Gasteiger partial charge in [0.2, 0.25) is 11.7 Å². The van der Waals surface area contributed by atoms with Crippen LogP contribution in [0.25, 0.3) is 28.0 Å². The Morgan fingerprint density at radius 2 is 2.02 bits per heavy atom. The minimum Gasteiger partial charge on any atom is -0.507 e. The Bertz CT molecular complexity index is 1870. The van der Waals surface area contributed by atoms with Crippen LogP contribution in [0.5, 0.6) is 11.5 Å². The summed E-state index contributed by atoms with van der Waals surface area (Å²) in [6, 6.07) is 7.09. The first-order chi connectivity index (χ1) is 21.0. The van der Waals surface area contributed by atoms with E-state index < -0.39 is 11.4 Å². The molecule has 1 amide bonds. The Labute approximate surface area is 259 Å². The highest BCUT2D eigenvalue weighted by Gasteiger charge is 2.39. The lowest BCUT2D eigenvalue weighted by Crippen LogP contribution is -2.59. The number of amides is 1. The molecule has 228 valence electrons. The SMILES string of the molecule is C=CC(=O)N1CC2CCOc3c(c4cc(Cl)c(-c5c(O)cccc5F)nc4n(-c4c(C)ccnc4C(C)C)c3=O)N2CC1C. The van der Waals surface area contributed by atoms with Crippen LogP contribution in [-0.2, 0) is 4.79 Å². The van der Waals surface area contributed by atoms with E-state index in [9.17, 15) is 14.7 Å². The normalized spacial score (nSPS) is 18.1. The van der Waals surface area contributed by atoms with Crippen molar-refractivity contribution in [3.05, 3.63) is 81.6 Å². The van der Waals surface area contributed by atoms with Gasteiger partial charge in [-0.25, -0.2) is 9.37 Å². The van der Waals surface area contributed by atoms with Gasteiger partial charge in [-0.2, -0.15) is 0 Å². The number of hydrogen-bond acceptors (Lipinski definition) is 7. The number of phenolic OH excluding ortho intramolecular Hbond substituents is 1. The van der Waals surface area contributed by atoms with E-state index in [0.29, 0.717) is 42.0 Å². The predicted octanol–water partition coefficient (Wildman–Crippen LogP) is 5.75. The van der Waals surface area contributed by atoms with Crippen LogP contribution in [0.4, 0.5) is 10.1 Å². The van der Waals surface area contributed by atoms with E-state index in [2.05, 4.69) is 16.5 Å². The van der Waals surface area contributed by atoms with Gasteiger partial charge in [-0.15, -0.1) is 0 Å². The van der Waals surface area contributed by atoms with E-state index in [1.165, 1.54) is 28.8 Å². The van der Waals surface area contributed by atoms with Crippen molar-refractivity contribution in [3.8, 4) is 28.4 Å². The third-order valence-electron chi connectivity index (χ3n) is 8.47. The van der Waals surface area contributed by atoms with Gasteiger partial charge in [-0.1, -0.05) is 38.1 Å². The molecule has 0 bridgehead atoms. The summed E-state index contributed by atoms with van der Waals surface area (Å²) in [5.41, 5.74) is 2.15. The van der Waals surface area contributed by atoms with Crippen molar-refractivity contribution >= 4 is 34.2 Å². The van der Waals surface area contributed by atoms with E-state index in [1.54, 1.807) is 17.2 Å². The maximum Gasteiger partial charge on any atom is 0.301 e. The summed E-state index contributed by atoms with van der Waals surface area (Å²) < 4.78 is 22.9. The number of aryl methyl sites for hydroxylation is 1. The van der Waals surface area contributed by atoms with Crippen LogP contribution in [0.1, 0.15) is 44.4 Å². The topological polar surface area (TPSA) is 101 Å². The Kier molecular flexibility index (Phi) is 7.57. The van der Waals surface area contributed by atoms with Crippen LogP contribution >= 0.6 is 11.6 Å². The second-order valence-corrected chi connectivity index (χ2v) is 12.1. The number of phenols is 1. The van der Waals surface area contributed by atoms with Gasteiger partial charge >= 0.3 is 5.56 Å². The molecule has 2 atom stereocenters. The Balaban J connectivity index is 1.72. The van der Waals surface area contributed by atoms with Gasteiger partial charge in [0.25, 0.3) is 0 Å². The first kappa shape index (κ1) is 29.6. The van der Waals surface area contributed by atoms with E-state index in [0.717, 1.165) is 5.56 Å². The number of aromatic hydroxyl groups is 1. The molecule has 9 nitrogen and oxygen atoms in total. The summed E-state index contributed by atoms with van der Waals surface area (Å²) in [5, 5.41) is 11.3. The Morgan fingerprint density at radius 3 is 2.73 bits per heavy atom. The fraction of sp³-hybridized carbons (Fsp3) is 0.333. The van der Waals surface area contributed by atoms with E-state index in [1.807, 2.05) is 33.8 Å². The Morgan fingerprint density at radius 1 is 1.25 bits per heavy atom. The van der Waals surface area contributed by atoms with Crippen molar-refractivity contribution in [2.75, 3.05) is 24.6 Å². The van der Waals surface area contributed by atoms with Crippen molar-refractivity contribution in [2.45, 2.75) is 52.1 Å². The second kappa shape index (κ2) is 11.2. The smallest absolute Gasteiger partial charge is 0.301 e. The number of fused-ring (bicyclic) bond motifs is 5. The molecular formula is C33H33ClFN5O4. The number of piperazine rings is 1. The number of benzene rings is 1. The number of nitrogens with zero attached hydrogens (tertiary/aromatic N) is 5. The molecule has 1 N–H and O–H groups in total. The van der Waals surface area contributed by atoms with Crippen molar-refractivity contribution in [1.82, 2.24) is 19.4 Å². The summed E-state index contributed by atoms with van der Waals surface area (Å²) >= 11 is 6.84. The van der Waals surface area contributed by atoms with Crippen molar-refractivity contribution in [2.24, 2.45) is 0 Å². The third-order valence-corrected chi connectivity index (χ3v) is 8.76. The highest BCUT2D eigenvalue weighted by molar-refractivity contribution is 6.34. The highest BCUT2D eigenvalue weighted by atomic mass is 35.5. The molecule has 11 heteroatoms. The van der Waals surface area contributed by atoms with E-state index in [4.69, 9.17) is 21.3 Å². The molecule has 4 aromatic rings. The maximum absolute atomic E-state index is 15.2. The van der Waals surface area contributed by atoms with Crippen LogP contribution < -0.4 is 15.2 Å². The molecule has 6 rings (SSSR count). The molecule has 0 spiro atoms. The molecule has 2 aliphatic heterocycles. The fourth-order valence-corrected chi connectivity index (χ4v) is 6.60. The highest BCUT2D eigenvalue weighted by Crippen LogP contribution is 2.44. The van der Waals surface area contributed by atoms with Crippen LogP contribution in [-0.4, -0.2) is 62.2 Å². The number of pyridine rings is 3. The fourth-order valence-electron chi connectivity index (χ4n) is 6.36. The minimum absolute atomic E-state index is 0.00337. The molecule has 1 aromatic carbocycles. The molecule has 3 aromatic heterocycles.